The molecule has 0 unspecified atom stereocenters. The molecule has 1 heterocycles. The summed E-state index contributed by atoms with van der Waals surface area (Å²) in [5.41, 5.74) is 8.22. The van der Waals surface area contributed by atoms with Crippen LogP contribution in [0.5, 0.6) is 0 Å². The maximum Gasteiger partial charge on any atom is 0.320 e. The molecule has 1 aromatic heterocycles. The van der Waals surface area contributed by atoms with Crippen LogP contribution in [0.25, 0.3) is 17.1 Å². The van der Waals surface area contributed by atoms with E-state index in [4.69, 9.17) is 10.8 Å². The van der Waals surface area contributed by atoms with E-state index in [2.05, 4.69) is 4.98 Å². The van der Waals surface area contributed by atoms with Gasteiger partial charge in [0, 0.05) is 23.9 Å². The van der Waals surface area contributed by atoms with Gasteiger partial charge in [0.05, 0.1) is 5.69 Å². The van der Waals surface area contributed by atoms with E-state index in [1.807, 2.05) is 71.4 Å². The van der Waals surface area contributed by atoms with Gasteiger partial charge in [-0.3, -0.25) is 9.36 Å². The van der Waals surface area contributed by atoms with Gasteiger partial charge in [-0.25, -0.2) is 4.98 Å². The Morgan fingerprint density at radius 1 is 1.09 bits per heavy atom. The molecule has 116 valence electrons. The number of carboxylic acid groups (broad SMARTS) is 1. The fourth-order valence-electron chi connectivity index (χ4n) is 2.42. The van der Waals surface area contributed by atoms with Crippen LogP contribution in [0.2, 0.25) is 0 Å². The van der Waals surface area contributed by atoms with Crippen molar-refractivity contribution in [3.8, 4) is 17.1 Å². The van der Waals surface area contributed by atoms with Gasteiger partial charge in [0.2, 0.25) is 0 Å². The summed E-state index contributed by atoms with van der Waals surface area (Å²) in [5, 5.41) is 8.99. The van der Waals surface area contributed by atoms with E-state index in [1.165, 1.54) is 0 Å². The Kier molecular flexibility index (Phi) is 4.21. The molecule has 5 nitrogen and oxygen atoms in total. The molecule has 0 aliphatic rings. The first kappa shape index (κ1) is 15.0. The fourth-order valence-corrected chi connectivity index (χ4v) is 2.42. The highest BCUT2D eigenvalue weighted by atomic mass is 16.4. The lowest BCUT2D eigenvalue weighted by atomic mass is 10.2. The normalized spacial score (nSPS) is 12.0. The highest BCUT2D eigenvalue weighted by Crippen LogP contribution is 2.23. The SMILES string of the molecule is N[C@@H](Cc1cn(-c2ccccc2)c(-c2ccccc2)n1)C(=O)O. The Hall–Kier alpha value is -2.92. The summed E-state index contributed by atoms with van der Waals surface area (Å²) in [7, 11) is 0. The molecule has 0 bridgehead atoms. The molecule has 0 fully saturated rings. The number of benzene rings is 2. The third-order valence-electron chi connectivity index (χ3n) is 3.57. The van der Waals surface area contributed by atoms with Crippen LogP contribution in [-0.2, 0) is 11.2 Å². The van der Waals surface area contributed by atoms with Crippen LogP contribution in [0.15, 0.2) is 66.9 Å². The van der Waals surface area contributed by atoms with Crippen LogP contribution >= 0.6 is 0 Å². The second-order valence-electron chi connectivity index (χ2n) is 5.28. The maximum absolute atomic E-state index is 11.0. The van der Waals surface area contributed by atoms with E-state index < -0.39 is 12.0 Å². The molecule has 3 N–H and O–H groups in total. The third-order valence-corrected chi connectivity index (χ3v) is 3.57. The second kappa shape index (κ2) is 6.46. The van der Waals surface area contributed by atoms with Gasteiger partial charge in [0.25, 0.3) is 0 Å². The molecule has 2 aromatic carbocycles. The summed E-state index contributed by atoms with van der Waals surface area (Å²) in [6, 6.07) is 18.6. The van der Waals surface area contributed by atoms with E-state index in [0.717, 1.165) is 17.1 Å². The van der Waals surface area contributed by atoms with Gasteiger partial charge < -0.3 is 10.8 Å². The van der Waals surface area contributed by atoms with Crippen molar-refractivity contribution in [3.05, 3.63) is 72.6 Å². The van der Waals surface area contributed by atoms with Crippen LogP contribution in [0.3, 0.4) is 0 Å². The summed E-state index contributed by atoms with van der Waals surface area (Å²) < 4.78 is 1.96. The van der Waals surface area contributed by atoms with E-state index in [0.29, 0.717) is 5.69 Å². The summed E-state index contributed by atoms with van der Waals surface area (Å²) in [6.45, 7) is 0. The molecule has 0 aliphatic carbocycles. The maximum atomic E-state index is 11.0. The van der Waals surface area contributed by atoms with E-state index in [9.17, 15) is 4.79 Å². The molecule has 23 heavy (non-hydrogen) atoms. The number of para-hydroxylation sites is 1. The second-order valence-corrected chi connectivity index (χ2v) is 5.28. The number of nitrogens with zero attached hydrogens (tertiary/aromatic N) is 2. The smallest absolute Gasteiger partial charge is 0.320 e. The lowest BCUT2D eigenvalue weighted by Crippen LogP contribution is -2.32. The fraction of sp³-hybridized carbons (Fsp3) is 0.111. The number of carboxylic acids is 1. The zero-order valence-corrected chi connectivity index (χ0v) is 12.5. The zero-order chi connectivity index (χ0) is 16.2. The number of imidazole rings is 1. The number of hydrogen-bond acceptors (Lipinski definition) is 3. The molecular formula is C18H17N3O2. The van der Waals surface area contributed by atoms with Gasteiger partial charge in [-0.1, -0.05) is 48.5 Å². The van der Waals surface area contributed by atoms with Gasteiger partial charge in [0.15, 0.2) is 0 Å². The first-order valence-corrected chi connectivity index (χ1v) is 7.32. The lowest BCUT2D eigenvalue weighted by Gasteiger charge is -2.07. The predicted molar refractivity (Wildman–Crippen MR) is 88.3 cm³/mol. The van der Waals surface area contributed by atoms with E-state index in [1.54, 1.807) is 0 Å². The number of hydrogen-bond donors (Lipinski definition) is 2. The number of aliphatic carboxylic acids is 1. The molecule has 0 saturated carbocycles. The van der Waals surface area contributed by atoms with Crippen LogP contribution in [0, 0.1) is 0 Å². The van der Waals surface area contributed by atoms with Crippen molar-refractivity contribution < 1.29 is 9.90 Å². The Morgan fingerprint density at radius 3 is 2.30 bits per heavy atom. The van der Waals surface area contributed by atoms with Gasteiger partial charge in [-0.2, -0.15) is 0 Å². The van der Waals surface area contributed by atoms with Crippen molar-refractivity contribution in [2.75, 3.05) is 0 Å². The van der Waals surface area contributed by atoms with Crippen molar-refractivity contribution in [1.29, 1.82) is 0 Å². The van der Waals surface area contributed by atoms with Gasteiger partial charge in [0.1, 0.15) is 11.9 Å². The average molecular weight is 307 g/mol. The summed E-state index contributed by atoms with van der Waals surface area (Å²) in [4.78, 5) is 15.6. The molecule has 1 atom stereocenters. The molecule has 0 spiro atoms. The summed E-state index contributed by atoms with van der Waals surface area (Å²) in [5.74, 6) is -0.259. The molecular weight excluding hydrogens is 290 g/mol. The van der Waals surface area contributed by atoms with Crippen LogP contribution < -0.4 is 5.73 Å². The minimum atomic E-state index is -1.03. The van der Waals surface area contributed by atoms with Gasteiger partial charge in [-0.05, 0) is 12.1 Å². The molecule has 5 heteroatoms. The van der Waals surface area contributed by atoms with Crippen molar-refractivity contribution in [2.45, 2.75) is 12.5 Å². The third kappa shape index (κ3) is 3.30. The van der Waals surface area contributed by atoms with Crippen molar-refractivity contribution in [2.24, 2.45) is 5.73 Å². The summed E-state index contributed by atoms with van der Waals surface area (Å²) >= 11 is 0. The van der Waals surface area contributed by atoms with Crippen LogP contribution in [-0.4, -0.2) is 26.7 Å². The quantitative estimate of drug-likeness (QED) is 0.759. The largest absolute Gasteiger partial charge is 0.480 e. The molecule has 3 rings (SSSR count). The highest BCUT2D eigenvalue weighted by molar-refractivity contribution is 5.73. The van der Waals surface area contributed by atoms with Crippen LogP contribution in [0.1, 0.15) is 5.69 Å². The molecule has 0 saturated heterocycles. The number of rotatable bonds is 5. The number of aromatic nitrogens is 2. The first-order chi connectivity index (χ1) is 11.1. The number of carbonyl (C=O) groups is 1. The molecule has 0 amide bonds. The molecule has 3 aromatic rings. The zero-order valence-electron chi connectivity index (χ0n) is 12.5. The molecule has 0 aliphatic heterocycles. The lowest BCUT2D eigenvalue weighted by molar-refractivity contribution is -0.138. The summed E-state index contributed by atoms with van der Waals surface area (Å²) in [6.07, 6.45) is 2.04. The topological polar surface area (TPSA) is 81.1 Å². The van der Waals surface area contributed by atoms with Crippen molar-refractivity contribution >= 4 is 5.97 Å². The minimum Gasteiger partial charge on any atom is -0.480 e. The standard InChI is InChI=1S/C18H17N3O2/c19-16(18(22)23)11-14-12-21(15-9-5-2-6-10-15)17(20-14)13-7-3-1-4-8-13/h1-10,12,16H,11,19H2,(H,22,23)/t16-/m0/s1. The highest BCUT2D eigenvalue weighted by Gasteiger charge is 2.17. The Bertz CT molecular complexity index is 741. The van der Waals surface area contributed by atoms with Gasteiger partial charge in [-0.15, -0.1) is 0 Å². The Balaban J connectivity index is 2.06. The van der Waals surface area contributed by atoms with E-state index >= 15 is 0 Å². The Labute approximate surface area is 134 Å². The molecule has 0 radical (unpaired) electrons. The predicted octanol–water partition coefficient (Wildman–Crippen LogP) is 2.49. The van der Waals surface area contributed by atoms with Crippen molar-refractivity contribution in [1.82, 2.24) is 9.55 Å². The van der Waals surface area contributed by atoms with Crippen molar-refractivity contribution in [3.63, 3.8) is 0 Å². The number of nitrogens with two attached hydrogens (primary N) is 1. The first-order valence-electron chi connectivity index (χ1n) is 7.32. The van der Waals surface area contributed by atoms with Gasteiger partial charge >= 0.3 is 5.97 Å². The van der Waals surface area contributed by atoms with E-state index in [-0.39, 0.29) is 6.42 Å². The Morgan fingerprint density at radius 2 is 1.70 bits per heavy atom. The minimum absolute atomic E-state index is 0.189. The average Bonchev–Trinajstić information content (AvgIpc) is 3.00. The van der Waals surface area contributed by atoms with Crippen LogP contribution in [0.4, 0.5) is 0 Å². The monoisotopic (exact) mass is 307 g/mol.